The molecule has 0 aliphatic rings. The molecule has 0 saturated heterocycles. The van der Waals surface area contributed by atoms with Gasteiger partial charge in [0, 0.05) is 18.9 Å². The lowest BCUT2D eigenvalue weighted by Crippen LogP contribution is -2.41. The first-order valence-electron chi connectivity index (χ1n) is 5.28. The lowest BCUT2D eigenvalue weighted by Gasteiger charge is -2.25. The van der Waals surface area contributed by atoms with Gasteiger partial charge in [-0.3, -0.25) is 0 Å². The number of hydrogen-bond donors (Lipinski definition) is 3. The lowest BCUT2D eigenvalue weighted by molar-refractivity contribution is 0.0377. The van der Waals surface area contributed by atoms with Crippen LogP contribution < -0.4 is 4.72 Å². The molecule has 0 fully saturated rings. The molecule has 16 heavy (non-hydrogen) atoms. The number of hydrogen-bond acceptors (Lipinski definition) is 3. The summed E-state index contributed by atoms with van der Waals surface area (Å²) in [5.74, 6) is 0. The van der Waals surface area contributed by atoms with Crippen LogP contribution in [0.3, 0.4) is 0 Å². The molecule has 0 amide bonds. The molecule has 0 unspecified atom stereocenters. The van der Waals surface area contributed by atoms with Gasteiger partial charge >= 0.3 is 0 Å². The highest BCUT2D eigenvalue weighted by Crippen LogP contribution is 2.14. The fourth-order valence-electron chi connectivity index (χ4n) is 1.29. The summed E-state index contributed by atoms with van der Waals surface area (Å²) in [4.78, 5) is 2.86. The third kappa shape index (κ3) is 3.07. The first-order chi connectivity index (χ1) is 7.43. The number of nitrogens with one attached hydrogen (secondary N) is 2. The van der Waals surface area contributed by atoms with Crippen LogP contribution in [0, 0.1) is 0 Å². The van der Waals surface area contributed by atoms with Gasteiger partial charge in [-0.15, -0.1) is 0 Å². The van der Waals surface area contributed by atoms with Crippen LogP contribution in [0.5, 0.6) is 0 Å². The number of sulfonamides is 1. The molecule has 5 nitrogen and oxygen atoms in total. The zero-order valence-corrected chi connectivity index (χ0v) is 10.3. The van der Waals surface area contributed by atoms with Gasteiger partial charge < -0.3 is 10.1 Å². The van der Waals surface area contributed by atoms with Gasteiger partial charge in [-0.25, -0.2) is 13.1 Å². The van der Waals surface area contributed by atoms with Crippen molar-refractivity contribution in [1.29, 1.82) is 0 Å². The fraction of sp³-hybridized carbons (Fsp3) is 0.600. The van der Waals surface area contributed by atoms with E-state index in [-0.39, 0.29) is 11.4 Å². The van der Waals surface area contributed by atoms with Gasteiger partial charge in [-0.05, 0) is 18.9 Å². The molecule has 1 aromatic rings. The van der Waals surface area contributed by atoms with E-state index in [0.717, 1.165) is 0 Å². The molecule has 0 saturated carbocycles. The van der Waals surface area contributed by atoms with Crippen LogP contribution in [0.15, 0.2) is 23.4 Å². The molecular formula is C10H18N2O3S. The molecule has 6 heteroatoms. The molecule has 0 aromatic carbocycles. The second kappa shape index (κ2) is 4.99. The van der Waals surface area contributed by atoms with Crippen molar-refractivity contribution < 1.29 is 13.5 Å². The predicted octanol–water partition coefficient (Wildman–Crippen LogP) is 0.844. The van der Waals surface area contributed by atoms with Crippen LogP contribution in [-0.2, 0) is 10.0 Å². The molecule has 92 valence electrons. The van der Waals surface area contributed by atoms with Gasteiger partial charge in [0.05, 0.1) is 10.5 Å². The number of rotatable bonds is 6. The maximum Gasteiger partial charge on any atom is 0.242 e. The van der Waals surface area contributed by atoms with Gasteiger partial charge in [0.25, 0.3) is 0 Å². The average molecular weight is 246 g/mol. The minimum absolute atomic E-state index is 0.0352. The largest absolute Gasteiger partial charge is 0.389 e. The summed E-state index contributed by atoms with van der Waals surface area (Å²) in [6, 6.07) is 1.47. The summed E-state index contributed by atoms with van der Waals surface area (Å²) < 4.78 is 25.9. The molecule has 1 heterocycles. The molecule has 0 aliphatic heterocycles. The van der Waals surface area contributed by atoms with E-state index in [2.05, 4.69) is 9.71 Å². The molecule has 0 radical (unpaired) electrons. The standard InChI is InChI=1S/C10H18N2O3S/c1-3-10(13,4-2)8-12-16(14,15)9-5-6-11-7-9/h5-7,11-13H,3-4,8H2,1-2H3. The van der Waals surface area contributed by atoms with E-state index in [4.69, 9.17) is 0 Å². The van der Waals surface area contributed by atoms with Crippen molar-refractivity contribution in [2.45, 2.75) is 37.2 Å². The number of H-pyrrole nitrogens is 1. The zero-order valence-electron chi connectivity index (χ0n) is 9.53. The third-order valence-electron chi connectivity index (χ3n) is 2.79. The van der Waals surface area contributed by atoms with E-state index in [1.165, 1.54) is 12.3 Å². The predicted molar refractivity (Wildman–Crippen MR) is 61.5 cm³/mol. The molecule has 0 aliphatic carbocycles. The van der Waals surface area contributed by atoms with Crippen molar-refractivity contribution in [2.75, 3.05) is 6.54 Å². The Labute approximate surface area is 95.9 Å². The maximum absolute atomic E-state index is 11.7. The third-order valence-corrected chi connectivity index (χ3v) is 4.19. The molecule has 1 aromatic heterocycles. The fourth-order valence-corrected chi connectivity index (χ4v) is 2.38. The first-order valence-corrected chi connectivity index (χ1v) is 6.76. The topological polar surface area (TPSA) is 82.2 Å². The van der Waals surface area contributed by atoms with Crippen molar-refractivity contribution in [3.8, 4) is 0 Å². The van der Waals surface area contributed by atoms with E-state index < -0.39 is 15.6 Å². The van der Waals surface area contributed by atoms with E-state index in [1.54, 1.807) is 6.20 Å². The Morgan fingerprint density at radius 2 is 2.06 bits per heavy atom. The van der Waals surface area contributed by atoms with E-state index in [9.17, 15) is 13.5 Å². The van der Waals surface area contributed by atoms with Crippen molar-refractivity contribution >= 4 is 10.0 Å². The number of aromatic nitrogens is 1. The smallest absolute Gasteiger partial charge is 0.242 e. The Hall–Kier alpha value is -0.850. The van der Waals surface area contributed by atoms with Crippen molar-refractivity contribution in [1.82, 2.24) is 9.71 Å². The normalized spacial score (nSPS) is 12.9. The van der Waals surface area contributed by atoms with Crippen molar-refractivity contribution in [3.63, 3.8) is 0 Å². The molecule has 1 rings (SSSR count). The Bertz CT molecular complexity index is 407. The molecular weight excluding hydrogens is 228 g/mol. The minimum atomic E-state index is -3.51. The van der Waals surface area contributed by atoms with Crippen LogP contribution in [0.1, 0.15) is 26.7 Å². The second-order valence-corrected chi connectivity index (χ2v) is 5.57. The minimum Gasteiger partial charge on any atom is -0.389 e. The number of aliphatic hydroxyl groups is 1. The lowest BCUT2D eigenvalue weighted by atomic mass is 9.98. The highest BCUT2D eigenvalue weighted by atomic mass is 32.2. The SMILES string of the molecule is CCC(O)(CC)CNS(=O)(=O)c1cc[nH]c1. The average Bonchev–Trinajstić information content (AvgIpc) is 2.80. The van der Waals surface area contributed by atoms with Crippen LogP contribution in [0.25, 0.3) is 0 Å². The highest BCUT2D eigenvalue weighted by Gasteiger charge is 2.25. The summed E-state index contributed by atoms with van der Waals surface area (Å²) in [6.07, 6.45) is 3.97. The Morgan fingerprint density at radius 1 is 1.44 bits per heavy atom. The quantitative estimate of drug-likeness (QED) is 0.695. The second-order valence-electron chi connectivity index (χ2n) is 3.80. The van der Waals surface area contributed by atoms with Gasteiger partial charge in [0.15, 0.2) is 0 Å². The summed E-state index contributed by atoms with van der Waals surface area (Å²) in [5, 5.41) is 9.95. The monoisotopic (exact) mass is 246 g/mol. The van der Waals surface area contributed by atoms with E-state index >= 15 is 0 Å². The van der Waals surface area contributed by atoms with Crippen LogP contribution in [-0.4, -0.2) is 30.7 Å². The summed E-state index contributed by atoms with van der Waals surface area (Å²) in [5.41, 5.74) is -0.969. The summed E-state index contributed by atoms with van der Waals surface area (Å²) in [6.45, 7) is 3.69. The van der Waals surface area contributed by atoms with Crippen LogP contribution in [0.2, 0.25) is 0 Å². The van der Waals surface area contributed by atoms with Gasteiger partial charge in [0.1, 0.15) is 0 Å². The molecule has 0 bridgehead atoms. The highest BCUT2D eigenvalue weighted by molar-refractivity contribution is 7.89. The Morgan fingerprint density at radius 3 is 2.50 bits per heavy atom. The first kappa shape index (κ1) is 13.2. The van der Waals surface area contributed by atoms with Gasteiger partial charge in [0.2, 0.25) is 10.0 Å². The van der Waals surface area contributed by atoms with E-state index in [0.29, 0.717) is 12.8 Å². The van der Waals surface area contributed by atoms with Crippen LogP contribution >= 0.6 is 0 Å². The Kier molecular flexibility index (Phi) is 4.12. The maximum atomic E-state index is 11.7. The molecule has 0 atom stereocenters. The zero-order chi connectivity index (χ0) is 12.2. The van der Waals surface area contributed by atoms with Gasteiger partial charge in [-0.2, -0.15) is 0 Å². The Balaban J connectivity index is 2.69. The summed E-state index contributed by atoms with van der Waals surface area (Å²) in [7, 11) is -3.51. The number of aromatic amines is 1. The van der Waals surface area contributed by atoms with Crippen LogP contribution in [0.4, 0.5) is 0 Å². The van der Waals surface area contributed by atoms with Crippen molar-refractivity contribution in [2.24, 2.45) is 0 Å². The molecule has 3 N–H and O–H groups in total. The van der Waals surface area contributed by atoms with Crippen molar-refractivity contribution in [3.05, 3.63) is 18.5 Å². The molecule has 0 spiro atoms. The van der Waals surface area contributed by atoms with Gasteiger partial charge in [-0.1, -0.05) is 13.8 Å². The summed E-state index contributed by atoms with van der Waals surface area (Å²) >= 11 is 0. The van der Waals surface area contributed by atoms with E-state index in [1.807, 2.05) is 13.8 Å².